The number of hydrogen-bond donors (Lipinski definition) is 2. The van der Waals surface area contributed by atoms with E-state index in [-0.39, 0.29) is 5.91 Å². The molecule has 0 unspecified atom stereocenters. The zero-order valence-corrected chi connectivity index (χ0v) is 9.91. The molecule has 0 aliphatic rings. The van der Waals surface area contributed by atoms with E-state index in [4.69, 9.17) is 10.6 Å². The van der Waals surface area contributed by atoms with Gasteiger partial charge in [-0.3, -0.25) is 10.2 Å². The van der Waals surface area contributed by atoms with Crippen molar-refractivity contribution in [2.75, 3.05) is 6.61 Å². The van der Waals surface area contributed by atoms with Gasteiger partial charge in [-0.25, -0.2) is 5.84 Å². The number of nitrogens with one attached hydrogen (secondary N) is 1. The Morgan fingerprint density at radius 3 is 2.62 bits per heavy atom. The van der Waals surface area contributed by atoms with Gasteiger partial charge in [0.05, 0.1) is 5.41 Å². The lowest BCUT2D eigenvalue weighted by molar-refractivity contribution is -0.130. The first-order chi connectivity index (χ1) is 7.47. The molecular weight excluding hydrogens is 204 g/mol. The Bertz CT molecular complexity index is 375. The molecule has 1 amide bonds. The number of ether oxygens (including phenoxy) is 1. The summed E-state index contributed by atoms with van der Waals surface area (Å²) >= 11 is 0. The van der Waals surface area contributed by atoms with Gasteiger partial charge in [-0.1, -0.05) is 18.2 Å². The van der Waals surface area contributed by atoms with Gasteiger partial charge in [0.25, 0.3) is 0 Å². The molecule has 0 radical (unpaired) electrons. The first kappa shape index (κ1) is 12.5. The van der Waals surface area contributed by atoms with E-state index in [0.717, 1.165) is 11.3 Å². The van der Waals surface area contributed by atoms with Gasteiger partial charge in [0.1, 0.15) is 12.4 Å². The van der Waals surface area contributed by atoms with Gasteiger partial charge in [-0.05, 0) is 32.4 Å². The van der Waals surface area contributed by atoms with Crippen molar-refractivity contribution in [2.24, 2.45) is 11.3 Å². The number of hydrazine groups is 1. The third-order valence-corrected chi connectivity index (χ3v) is 2.43. The van der Waals surface area contributed by atoms with E-state index in [2.05, 4.69) is 5.43 Å². The van der Waals surface area contributed by atoms with Gasteiger partial charge in [0, 0.05) is 0 Å². The van der Waals surface area contributed by atoms with Crippen LogP contribution in [0.2, 0.25) is 0 Å². The Balaban J connectivity index is 2.65. The summed E-state index contributed by atoms with van der Waals surface area (Å²) in [7, 11) is 0. The van der Waals surface area contributed by atoms with Crippen LogP contribution in [0.15, 0.2) is 24.3 Å². The van der Waals surface area contributed by atoms with Crippen LogP contribution in [0.5, 0.6) is 5.75 Å². The fourth-order valence-electron chi connectivity index (χ4n) is 1.24. The van der Waals surface area contributed by atoms with Gasteiger partial charge in [0.2, 0.25) is 5.91 Å². The molecule has 0 spiro atoms. The molecule has 1 rings (SSSR count). The monoisotopic (exact) mass is 222 g/mol. The number of hydrogen-bond acceptors (Lipinski definition) is 3. The van der Waals surface area contributed by atoms with E-state index in [1.54, 1.807) is 13.8 Å². The van der Waals surface area contributed by atoms with Crippen molar-refractivity contribution in [1.29, 1.82) is 0 Å². The van der Waals surface area contributed by atoms with E-state index in [1.807, 2.05) is 31.2 Å². The Kier molecular flexibility index (Phi) is 3.90. The van der Waals surface area contributed by atoms with Crippen molar-refractivity contribution < 1.29 is 9.53 Å². The second-order valence-corrected chi connectivity index (χ2v) is 4.41. The second kappa shape index (κ2) is 4.99. The molecule has 0 saturated heterocycles. The summed E-state index contributed by atoms with van der Waals surface area (Å²) in [6, 6.07) is 7.69. The largest absolute Gasteiger partial charge is 0.492 e. The molecule has 88 valence electrons. The molecule has 0 aromatic heterocycles. The third-order valence-electron chi connectivity index (χ3n) is 2.43. The molecule has 0 heterocycles. The minimum atomic E-state index is -0.642. The number of nitrogens with two attached hydrogens (primary N) is 1. The van der Waals surface area contributed by atoms with Crippen LogP contribution in [-0.4, -0.2) is 12.5 Å². The fraction of sp³-hybridized carbons (Fsp3) is 0.417. The number of para-hydroxylation sites is 1. The highest BCUT2D eigenvalue weighted by Gasteiger charge is 2.28. The number of rotatable bonds is 4. The molecule has 0 fully saturated rings. The minimum Gasteiger partial charge on any atom is -0.492 e. The Labute approximate surface area is 95.8 Å². The molecule has 0 saturated carbocycles. The van der Waals surface area contributed by atoms with Crippen molar-refractivity contribution in [3.63, 3.8) is 0 Å². The molecule has 0 atom stereocenters. The first-order valence-corrected chi connectivity index (χ1v) is 5.17. The summed E-state index contributed by atoms with van der Waals surface area (Å²) < 4.78 is 5.61. The van der Waals surface area contributed by atoms with Crippen molar-refractivity contribution in [3.8, 4) is 5.75 Å². The van der Waals surface area contributed by atoms with E-state index in [9.17, 15) is 4.79 Å². The van der Waals surface area contributed by atoms with Gasteiger partial charge >= 0.3 is 0 Å². The number of carbonyl (C=O) groups is 1. The van der Waals surface area contributed by atoms with Crippen LogP contribution >= 0.6 is 0 Å². The molecule has 0 aliphatic carbocycles. The van der Waals surface area contributed by atoms with Crippen LogP contribution in [0.1, 0.15) is 19.4 Å². The quantitative estimate of drug-likeness (QED) is 0.459. The highest BCUT2D eigenvalue weighted by atomic mass is 16.5. The van der Waals surface area contributed by atoms with Gasteiger partial charge < -0.3 is 4.74 Å². The minimum absolute atomic E-state index is 0.235. The fourth-order valence-corrected chi connectivity index (χ4v) is 1.24. The predicted octanol–water partition coefficient (Wildman–Crippen LogP) is 1.39. The first-order valence-electron chi connectivity index (χ1n) is 5.17. The summed E-state index contributed by atoms with van der Waals surface area (Å²) in [5, 5.41) is 0. The Hall–Kier alpha value is -1.55. The number of carbonyl (C=O) groups excluding carboxylic acids is 1. The summed E-state index contributed by atoms with van der Waals surface area (Å²) in [6.45, 7) is 5.83. The zero-order chi connectivity index (χ0) is 12.2. The Morgan fingerprint density at radius 1 is 1.44 bits per heavy atom. The summed E-state index contributed by atoms with van der Waals surface area (Å²) in [4.78, 5) is 11.4. The molecule has 0 bridgehead atoms. The summed E-state index contributed by atoms with van der Waals surface area (Å²) in [5.74, 6) is 5.66. The second-order valence-electron chi connectivity index (χ2n) is 4.41. The van der Waals surface area contributed by atoms with Crippen LogP contribution < -0.4 is 16.0 Å². The van der Waals surface area contributed by atoms with Crippen LogP contribution in [0, 0.1) is 12.3 Å². The molecule has 4 nitrogen and oxygen atoms in total. The van der Waals surface area contributed by atoms with Gasteiger partial charge in [-0.15, -0.1) is 0 Å². The van der Waals surface area contributed by atoms with Crippen LogP contribution in [0.4, 0.5) is 0 Å². The molecule has 4 heteroatoms. The lowest BCUT2D eigenvalue weighted by Crippen LogP contribution is -2.44. The van der Waals surface area contributed by atoms with Crippen molar-refractivity contribution in [2.45, 2.75) is 20.8 Å². The van der Waals surface area contributed by atoms with E-state index < -0.39 is 5.41 Å². The van der Waals surface area contributed by atoms with Crippen molar-refractivity contribution in [1.82, 2.24) is 5.43 Å². The average Bonchev–Trinajstić information content (AvgIpc) is 2.27. The summed E-state index contributed by atoms with van der Waals surface area (Å²) in [5.41, 5.74) is 2.54. The van der Waals surface area contributed by atoms with E-state index in [1.165, 1.54) is 0 Å². The average molecular weight is 222 g/mol. The van der Waals surface area contributed by atoms with Gasteiger partial charge in [-0.2, -0.15) is 0 Å². The lowest BCUT2D eigenvalue weighted by atomic mass is 9.94. The maximum atomic E-state index is 11.4. The molecule has 16 heavy (non-hydrogen) atoms. The lowest BCUT2D eigenvalue weighted by Gasteiger charge is -2.22. The maximum Gasteiger partial charge on any atom is 0.242 e. The van der Waals surface area contributed by atoms with E-state index >= 15 is 0 Å². The van der Waals surface area contributed by atoms with E-state index in [0.29, 0.717) is 6.61 Å². The Morgan fingerprint density at radius 2 is 2.06 bits per heavy atom. The van der Waals surface area contributed by atoms with Crippen molar-refractivity contribution in [3.05, 3.63) is 29.8 Å². The zero-order valence-electron chi connectivity index (χ0n) is 9.91. The van der Waals surface area contributed by atoms with Crippen LogP contribution in [0.3, 0.4) is 0 Å². The molecule has 0 aliphatic heterocycles. The molecular formula is C12H18N2O2. The predicted molar refractivity (Wildman–Crippen MR) is 62.8 cm³/mol. The number of benzene rings is 1. The SMILES string of the molecule is Cc1ccccc1OCC(C)(C)C(=O)NN. The maximum absolute atomic E-state index is 11.4. The van der Waals surface area contributed by atoms with Crippen molar-refractivity contribution >= 4 is 5.91 Å². The standard InChI is InChI=1S/C12H18N2O2/c1-9-6-4-5-7-10(9)16-8-12(2,3)11(15)14-13/h4-7H,8,13H2,1-3H3,(H,14,15). The molecule has 1 aromatic carbocycles. The number of amides is 1. The van der Waals surface area contributed by atoms with Crippen LogP contribution in [-0.2, 0) is 4.79 Å². The number of aryl methyl sites for hydroxylation is 1. The highest BCUT2D eigenvalue weighted by Crippen LogP contribution is 2.21. The van der Waals surface area contributed by atoms with Crippen LogP contribution in [0.25, 0.3) is 0 Å². The topological polar surface area (TPSA) is 64.3 Å². The normalized spacial score (nSPS) is 11.0. The highest BCUT2D eigenvalue weighted by molar-refractivity contribution is 5.81. The smallest absolute Gasteiger partial charge is 0.242 e. The molecule has 3 N–H and O–H groups in total. The summed E-state index contributed by atoms with van der Waals surface area (Å²) in [6.07, 6.45) is 0. The van der Waals surface area contributed by atoms with Gasteiger partial charge in [0.15, 0.2) is 0 Å². The molecule has 1 aromatic rings. The third kappa shape index (κ3) is 2.97.